The Morgan fingerprint density at radius 1 is 1.26 bits per heavy atom. The average molecular weight is 417 g/mol. The van der Waals surface area contributed by atoms with Crippen LogP contribution in [-0.2, 0) is 4.79 Å². The van der Waals surface area contributed by atoms with Gasteiger partial charge in [-0.3, -0.25) is 19.8 Å². The molecule has 0 aliphatic carbocycles. The zero-order chi connectivity index (χ0) is 19.6. The first-order chi connectivity index (χ1) is 12.9. The molecule has 1 fully saturated rings. The minimum atomic E-state index is -0.436. The molecule has 0 unspecified atom stereocenters. The summed E-state index contributed by atoms with van der Waals surface area (Å²) in [5, 5.41) is 11.2. The van der Waals surface area contributed by atoms with Gasteiger partial charge in [-0.25, -0.2) is 0 Å². The van der Waals surface area contributed by atoms with E-state index in [4.69, 9.17) is 12.2 Å². The first-order valence-corrected chi connectivity index (χ1v) is 10.2. The topological polar surface area (TPSA) is 63.5 Å². The van der Waals surface area contributed by atoms with Crippen molar-refractivity contribution in [3.8, 4) is 0 Å². The number of nitro groups is 1. The van der Waals surface area contributed by atoms with Crippen LogP contribution in [0, 0.1) is 17.0 Å². The molecular weight excluding hydrogens is 400 g/mol. The summed E-state index contributed by atoms with van der Waals surface area (Å²) in [4.78, 5) is 27.1. The average Bonchev–Trinajstić information content (AvgIpc) is 2.91. The number of thioether (sulfide) groups is 1. The van der Waals surface area contributed by atoms with Crippen molar-refractivity contribution in [3.63, 3.8) is 0 Å². The van der Waals surface area contributed by atoms with E-state index in [1.54, 1.807) is 12.1 Å². The predicted octanol–water partition coefficient (Wildman–Crippen LogP) is 5.28. The van der Waals surface area contributed by atoms with Crippen LogP contribution in [0.3, 0.4) is 0 Å². The lowest BCUT2D eigenvalue weighted by molar-refractivity contribution is -0.384. The van der Waals surface area contributed by atoms with Gasteiger partial charge in [-0.1, -0.05) is 53.4 Å². The number of benzene rings is 2. The molecular formula is C19H16N2O3S3. The number of aryl methyl sites for hydroxylation is 1. The van der Waals surface area contributed by atoms with Gasteiger partial charge in [-0.2, -0.15) is 0 Å². The Bertz CT molecular complexity index is 955. The third-order valence-electron chi connectivity index (χ3n) is 3.93. The molecule has 138 valence electrons. The van der Waals surface area contributed by atoms with E-state index in [0.29, 0.717) is 21.3 Å². The van der Waals surface area contributed by atoms with E-state index < -0.39 is 4.92 Å². The van der Waals surface area contributed by atoms with Gasteiger partial charge in [0.25, 0.3) is 11.6 Å². The van der Waals surface area contributed by atoms with E-state index in [9.17, 15) is 14.9 Å². The molecule has 2 aromatic carbocycles. The molecule has 1 aliphatic heterocycles. The van der Waals surface area contributed by atoms with Gasteiger partial charge in [0.15, 0.2) is 0 Å². The highest BCUT2D eigenvalue weighted by molar-refractivity contribution is 8.26. The van der Waals surface area contributed by atoms with Crippen LogP contribution in [0.1, 0.15) is 18.1 Å². The van der Waals surface area contributed by atoms with Gasteiger partial charge < -0.3 is 0 Å². The van der Waals surface area contributed by atoms with Crippen LogP contribution in [0.2, 0.25) is 0 Å². The lowest BCUT2D eigenvalue weighted by atomic mass is 10.2. The summed E-state index contributed by atoms with van der Waals surface area (Å²) < 4.78 is 0.506. The molecule has 0 saturated carbocycles. The van der Waals surface area contributed by atoms with Crippen LogP contribution < -0.4 is 0 Å². The predicted molar refractivity (Wildman–Crippen MR) is 114 cm³/mol. The number of thiocarbonyl (C=S) groups is 1. The van der Waals surface area contributed by atoms with Crippen LogP contribution >= 0.6 is 35.7 Å². The van der Waals surface area contributed by atoms with Gasteiger partial charge >= 0.3 is 0 Å². The van der Waals surface area contributed by atoms with Crippen molar-refractivity contribution in [1.29, 1.82) is 0 Å². The number of rotatable bonds is 5. The normalized spacial score (nSPS) is 15.6. The molecule has 1 heterocycles. The minimum absolute atomic E-state index is 0.0134. The number of amides is 1. The number of non-ortho nitro benzene ring substituents is 1. The van der Waals surface area contributed by atoms with E-state index >= 15 is 0 Å². The van der Waals surface area contributed by atoms with Gasteiger partial charge in [0.1, 0.15) is 4.32 Å². The third kappa shape index (κ3) is 4.40. The third-order valence-corrected chi connectivity index (χ3v) is 6.41. The highest BCUT2D eigenvalue weighted by Crippen LogP contribution is 2.37. The van der Waals surface area contributed by atoms with Crippen molar-refractivity contribution in [2.45, 2.75) is 23.6 Å². The molecule has 5 nitrogen and oxygen atoms in total. The van der Waals surface area contributed by atoms with Gasteiger partial charge in [-0.15, -0.1) is 0 Å². The Balaban J connectivity index is 2.01. The van der Waals surface area contributed by atoms with Gasteiger partial charge in [0, 0.05) is 28.5 Å². The van der Waals surface area contributed by atoms with Gasteiger partial charge in [-0.05, 0) is 43.7 Å². The summed E-state index contributed by atoms with van der Waals surface area (Å²) in [7, 11) is 0. The molecule has 0 radical (unpaired) electrons. The number of hydrogen-bond acceptors (Lipinski definition) is 6. The minimum Gasteiger partial charge on any atom is -0.293 e. The quantitative estimate of drug-likeness (QED) is 0.286. The Labute approximate surface area is 171 Å². The van der Waals surface area contributed by atoms with Gasteiger partial charge in [0.05, 0.1) is 9.83 Å². The highest BCUT2D eigenvalue weighted by Gasteiger charge is 2.31. The fourth-order valence-corrected chi connectivity index (χ4v) is 4.78. The van der Waals surface area contributed by atoms with Gasteiger partial charge in [0.2, 0.25) is 0 Å². The second kappa shape index (κ2) is 8.24. The van der Waals surface area contributed by atoms with Crippen molar-refractivity contribution in [2.75, 3.05) is 6.54 Å². The zero-order valence-corrected chi connectivity index (χ0v) is 17.1. The highest BCUT2D eigenvalue weighted by atomic mass is 32.2. The number of carbonyl (C=O) groups excluding carboxylic acids is 1. The van der Waals surface area contributed by atoms with Crippen molar-refractivity contribution in [2.24, 2.45) is 0 Å². The molecule has 1 amide bonds. The Kier molecular flexibility index (Phi) is 5.98. The van der Waals surface area contributed by atoms with E-state index in [0.717, 1.165) is 15.4 Å². The summed E-state index contributed by atoms with van der Waals surface area (Å²) in [6.45, 7) is 4.38. The van der Waals surface area contributed by atoms with E-state index in [1.165, 1.54) is 40.6 Å². The molecule has 0 aromatic heterocycles. The Morgan fingerprint density at radius 2 is 1.96 bits per heavy atom. The molecule has 8 heteroatoms. The van der Waals surface area contributed by atoms with Crippen LogP contribution in [0.5, 0.6) is 0 Å². The summed E-state index contributed by atoms with van der Waals surface area (Å²) in [6, 6.07) is 12.7. The second-order valence-electron chi connectivity index (χ2n) is 5.82. The summed E-state index contributed by atoms with van der Waals surface area (Å²) in [5.74, 6) is -0.162. The first kappa shape index (κ1) is 19.6. The van der Waals surface area contributed by atoms with Crippen molar-refractivity contribution >= 4 is 57.7 Å². The molecule has 0 spiro atoms. The number of nitro benzene ring substituents is 1. The maximum absolute atomic E-state index is 12.5. The number of likely N-dealkylation sites (N-methyl/N-ethyl adjacent to an activating group) is 1. The van der Waals surface area contributed by atoms with E-state index in [1.807, 2.05) is 38.1 Å². The molecule has 1 saturated heterocycles. The smallest absolute Gasteiger partial charge is 0.270 e. The van der Waals surface area contributed by atoms with Crippen LogP contribution in [0.4, 0.5) is 5.69 Å². The molecule has 0 atom stereocenters. The van der Waals surface area contributed by atoms with E-state index in [-0.39, 0.29) is 11.6 Å². The maximum Gasteiger partial charge on any atom is 0.270 e. The van der Waals surface area contributed by atoms with Crippen LogP contribution in [-0.4, -0.2) is 26.6 Å². The largest absolute Gasteiger partial charge is 0.293 e. The second-order valence-corrected chi connectivity index (χ2v) is 8.61. The number of carbonyl (C=O) groups is 1. The Morgan fingerprint density at radius 3 is 2.56 bits per heavy atom. The summed E-state index contributed by atoms with van der Waals surface area (Å²) in [6.07, 6.45) is 1.69. The van der Waals surface area contributed by atoms with Crippen LogP contribution in [0.25, 0.3) is 6.08 Å². The van der Waals surface area contributed by atoms with E-state index in [2.05, 4.69) is 0 Å². The lowest BCUT2D eigenvalue weighted by Gasteiger charge is -2.10. The monoisotopic (exact) mass is 416 g/mol. The molecule has 27 heavy (non-hydrogen) atoms. The summed E-state index contributed by atoms with van der Waals surface area (Å²) in [5.41, 5.74) is 1.78. The molecule has 0 bridgehead atoms. The summed E-state index contributed by atoms with van der Waals surface area (Å²) >= 11 is 7.96. The first-order valence-electron chi connectivity index (χ1n) is 8.17. The SMILES string of the molecule is CCN1C(=O)/C(=C/c2cc([N+](=O)[O-])ccc2Sc2ccc(C)cc2)SC1=S. The van der Waals surface area contributed by atoms with Crippen molar-refractivity contribution < 1.29 is 9.72 Å². The fourth-order valence-electron chi connectivity index (χ4n) is 2.50. The Hall–Kier alpha value is -2.16. The molecule has 0 N–H and O–H groups in total. The lowest BCUT2D eigenvalue weighted by Crippen LogP contribution is -2.27. The number of nitrogens with zero attached hydrogens (tertiary/aromatic N) is 2. The van der Waals surface area contributed by atoms with Crippen LogP contribution in [0.15, 0.2) is 57.2 Å². The molecule has 1 aliphatic rings. The standard InChI is InChI=1S/C19H16N2O3S3/c1-3-20-18(22)17(27-19(20)25)11-13-10-14(21(23)24)6-9-16(13)26-15-7-4-12(2)5-8-15/h4-11H,3H2,1-2H3/b17-11-. The number of hydrogen-bond donors (Lipinski definition) is 0. The molecule has 3 rings (SSSR count). The maximum atomic E-state index is 12.5. The van der Waals surface area contributed by atoms with Crippen molar-refractivity contribution in [3.05, 3.63) is 68.6 Å². The fraction of sp³-hybridized carbons (Fsp3) is 0.158. The van der Waals surface area contributed by atoms with Crippen molar-refractivity contribution in [1.82, 2.24) is 4.90 Å². The molecule has 2 aromatic rings. The zero-order valence-electron chi connectivity index (χ0n) is 14.7.